The summed E-state index contributed by atoms with van der Waals surface area (Å²) in [5.41, 5.74) is 4.13. The van der Waals surface area contributed by atoms with Crippen LogP contribution in [0.5, 0.6) is 0 Å². The maximum atomic E-state index is 12.8. The predicted octanol–water partition coefficient (Wildman–Crippen LogP) is 2.37. The molecule has 0 aromatic heterocycles. The van der Waals surface area contributed by atoms with Gasteiger partial charge in [-0.3, -0.25) is 4.79 Å². The lowest BCUT2D eigenvalue weighted by atomic mass is 9.89. The van der Waals surface area contributed by atoms with Gasteiger partial charge >= 0.3 is 0 Å². The number of hydrogen-bond acceptors (Lipinski definition) is 5. The zero-order valence-corrected chi connectivity index (χ0v) is 14.6. The smallest absolute Gasteiger partial charge is 0.255 e. The number of carbonyl (C=O) groups excluding carboxylic acids is 1. The topological polar surface area (TPSA) is 114 Å². The molecule has 4 aliphatic rings. The summed E-state index contributed by atoms with van der Waals surface area (Å²) in [5.74, 6) is -0.169. The van der Waals surface area contributed by atoms with Crippen LogP contribution in [0.3, 0.4) is 0 Å². The van der Waals surface area contributed by atoms with Gasteiger partial charge < -0.3 is 20.7 Å². The number of H-pyrrole nitrogens is 1. The lowest BCUT2D eigenvalue weighted by Crippen LogP contribution is -2.46. The molecule has 1 aromatic rings. The van der Waals surface area contributed by atoms with Crippen LogP contribution in [-0.4, -0.2) is 39.2 Å². The zero-order valence-electron chi connectivity index (χ0n) is 14.6. The molecule has 0 bridgehead atoms. The summed E-state index contributed by atoms with van der Waals surface area (Å²) in [4.78, 5) is 20.7. The summed E-state index contributed by atoms with van der Waals surface area (Å²) in [5, 5.41) is 25.9. The van der Waals surface area contributed by atoms with E-state index >= 15 is 0 Å². The molecular formula is C20H19N5O2. The molecule has 2 aliphatic carbocycles. The Morgan fingerprint density at radius 2 is 2.11 bits per heavy atom. The van der Waals surface area contributed by atoms with Crippen LogP contribution in [0.25, 0.3) is 22.3 Å². The minimum Gasteiger partial charge on any atom is -0.393 e. The summed E-state index contributed by atoms with van der Waals surface area (Å²) >= 11 is 0. The minimum absolute atomic E-state index is 0.0156. The molecule has 0 unspecified atom stereocenters. The van der Waals surface area contributed by atoms with E-state index in [4.69, 9.17) is 10.2 Å². The van der Waals surface area contributed by atoms with E-state index in [9.17, 15) is 9.90 Å². The fourth-order valence-corrected chi connectivity index (χ4v) is 3.61. The van der Waals surface area contributed by atoms with Gasteiger partial charge in [-0.05, 0) is 43.9 Å². The molecule has 4 N–H and O–H groups in total. The average molecular weight is 361 g/mol. The summed E-state index contributed by atoms with van der Waals surface area (Å²) in [6, 6.07) is 7.94. The van der Waals surface area contributed by atoms with Crippen molar-refractivity contribution in [2.24, 2.45) is 0 Å². The van der Waals surface area contributed by atoms with E-state index in [1.807, 2.05) is 6.07 Å². The molecule has 0 radical (unpaired) electrons. The van der Waals surface area contributed by atoms with Crippen LogP contribution in [0.2, 0.25) is 0 Å². The van der Waals surface area contributed by atoms with E-state index in [1.165, 1.54) is 0 Å². The third kappa shape index (κ3) is 2.78. The number of aromatic amines is 1. The van der Waals surface area contributed by atoms with Gasteiger partial charge in [0, 0.05) is 23.7 Å². The lowest BCUT2D eigenvalue weighted by molar-refractivity contribution is 0.0563. The number of nitrogens with one attached hydrogen (secondary N) is 3. The van der Waals surface area contributed by atoms with Gasteiger partial charge in [0.2, 0.25) is 0 Å². The van der Waals surface area contributed by atoms with Crippen LogP contribution in [0.4, 0.5) is 5.69 Å². The Morgan fingerprint density at radius 3 is 2.81 bits per heavy atom. The quantitative estimate of drug-likeness (QED) is 0.570. The molecule has 0 spiro atoms. The Kier molecular flexibility index (Phi) is 3.55. The van der Waals surface area contributed by atoms with Crippen molar-refractivity contribution in [3.63, 3.8) is 0 Å². The number of carbonyl (C=O) groups is 1. The molecule has 0 atom stereocenters. The number of nitrogens with zero attached hydrogens (tertiary/aromatic N) is 2. The first-order chi connectivity index (χ1) is 13.1. The van der Waals surface area contributed by atoms with Crippen molar-refractivity contribution in [1.82, 2.24) is 15.3 Å². The van der Waals surface area contributed by atoms with E-state index in [0.717, 1.165) is 35.1 Å². The highest BCUT2D eigenvalue weighted by atomic mass is 16.3. The summed E-state index contributed by atoms with van der Waals surface area (Å²) < 4.78 is 0. The number of aliphatic hydroxyl groups excluding tert-OH is 1. The largest absolute Gasteiger partial charge is 0.393 e. The summed E-state index contributed by atoms with van der Waals surface area (Å²) in [7, 11) is 0. The van der Waals surface area contributed by atoms with Crippen molar-refractivity contribution in [3.8, 4) is 17.5 Å². The number of nitriles is 1. The van der Waals surface area contributed by atoms with Gasteiger partial charge in [0.05, 0.1) is 40.2 Å². The van der Waals surface area contributed by atoms with E-state index in [-0.39, 0.29) is 18.1 Å². The first-order valence-corrected chi connectivity index (χ1v) is 9.23. The molecule has 136 valence electrons. The number of pyridine rings is 1. The predicted molar refractivity (Wildman–Crippen MR) is 101 cm³/mol. The zero-order chi connectivity index (χ0) is 18.5. The standard InChI is InChI=1S/C20H19N5O2/c21-8-10-1-4-14-16(5-10)25-19-17(14)22-9-15(18(19)23-11-2-3-11)20(27)24-12-6-13(26)7-12/h1,4-5,9,11-13,22-23,26H,2-3,6-7H2,(H,24,27). The van der Waals surface area contributed by atoms with Crippen LogP contribution in [0.1, 0.15) is 41.6 Å². The van der Waals surface area contributed by atoms with Crippen LogP contribution in [-0.2, 0) is 0 Å². The van der Waals surface area contributed by atoms with E-state index in [1.54, 1.807) is 18.3 Å². The maximum Gasteiger partial charge on any atom is 0.255 e. The number of hydrogen-bond donors (Lipinski definition) is 4. The number of rotatable bonds is 4. The second-order valence-corrected chi connectivity index (χ2v) is 7.47. The van der Waals surface area contributed by atoms with Crippen molar-refractivity contribution in [1.29, 1.82) is 5.26 Å². The van der Waals surface area contributed by atoms with E-state index in [0.29, 0.717) is 35.7 Å². The van der Waals surface area contributed by atoms with Crippen LogP contribution >= 0.6 is 0 Å². The third-order valence-corrected chi connectivity index (χ3v) is 5.35. The lowest BCUT2D eigenvalue weighted by Gasteiger charge is -2.32. The molecule has 1 aromatic carbocycles. The SMILES string of the molecule is N#Cc1ccc2c3[nH]cc(C(=O)NC4CC(O)C4)c(NC4CC4)c-3nc2c1. The van der Waals surface area contributed by atoms with E-state index in [2.05, 4.69) is 21.7 Å². The highest BCUT2D eigenvalue weighted by Gasteiger charge is 2.32. The van der Waals surface area contributed by atoms with Crippen molar-refractivity contribution in [3.05, 3.63) is 35.5 Å². The second kappa shape index (κ2) is 5.96. The first kappa shape index (κ1) is 16.1. The Morgan fingerprint density at radius 1 is 1.30 bits per heavy atom. The highest BCUT2D eigenvalue weighted by molar-refractivity contribution is 6.07. The fourth-order valence-electron chi connectivity index (χ4n) is 3.61. The van der Waals surface area contributed by atoms with E-state index < -0.39 is 0 Å². The molecule has 7 heteroatoms. The summed E-state index contributed by atoms with van der Waals surface area (Å²) in [6.45, 7) is 0. The normalized spacial score (nSPS) is 21.6. The molecule has 2 fully saturated rings. The number of benzene rings is 1. The molecule has 0 saturated heterocycles. The van der Waals surface area contributed by atoms with Gasteiger partial charge in [-0.25, -0.2) is 4.98 Å². The van der Waals surface area contributed by atoms with Crippen molar-refractivity contribution < 1.29 is 9.90 Å². The molecule has 2 saturated carbocycles. The minimum atomic E-state index is -0.315. The Labute approximate surface area is 155 Å². The van der Waals surface area contributed by atoms with Gasteiger partial charge in [-0.15, -0.1) is 0 Å². The third-order valence-electron chi connectivity index (χ3n) is 5.35. The van der Waals surface area contributed by atoms with Crippen molar-refractivity contribution in [2.45, 2.75) is 43.9 Å². The molecule has 2 aliphatic heterocycles. The molecule has 27 heavy (non-hydrogen) atoms. The number of aromatic nitrogens is 2. The first-order valence-electron chi connectivity index (χ1n) is 9.23. The Bertz CT molecular complexity index is 1060. The molecule has 7 nitrogen and oxygen atoms in total. The highest BCUT2D eigenvalue weighted by Crippen LogP contribution is 2.39. The number of fused-ring (bicyclic) bond motifs is 3. The molecule has 5 rings (SSSR count). The van der Waals surface area contributed by atoms with Gasteiger partial charge in [-0.1, -0.05) is 0 Å². The van der Waals surface area contributed by atoms with Gasteiger partial charge in [-0.2, -0.15) is 5.26 Å². The van der Waals surface area contributed by atoms with Crippen molar-refractivity contribution >= 4 is 22.5 Å². The Balaban J connectivity index is 1.59. The number of amides is 1. The Hall–Kier alpha value is -3.11. The second-order valence-electron chi connectivity index (χ2n) is 7.47. The van der Waals surface area contributed by atoms with Gasteiger partial charge in [0.1, 0.15) is 5.69 Å². The fraction of sp³-hybridized carbons (Fsp3) is 0.350. The number of aliphatic hydroxyl groups is 1. The number of anilines is 1. The summed E-state index contributed by atoms with van der Waals surface area (Å²) in [6.07, 6.45) is 4.75. The van der Waals surface area contributed by atoms with Gasteiger partial charge in [0.15, 0.2) is 0 Å². The molecule has 2 heterocycles. The maximum absolute atomic E-state index is 12.8. The van der Waals surface area contributed by atoms with Crippen LogP contribution in [0.15, 0.2) is 24.4 Å². The van der Waals surface area contributed by atoms with Crippen LogP contribution in [0, 0.1) is 11.3 Å². The molecular weight excluding hydrogens is 342 g/mol. The van der Waals surface area contributed by atoms with Crippen LogP contribution < -0.4 is 10.6 Å². The van der Waals surface area contributed by atoms with Crippen molar-refractivity contribution in [2.75, 3.05) is 5.32 Å². The monoisotopic (exact) mass is 361 g/mol. The average Bonchev–Trinajstić information content (AvgIpc) is 3.38. The molecule has 1 amide bonds. The van der Waals surface area contributed by atoms with Gasteiger partial charge in [0.25, 0.3) is 5.91 Å².